The molecule has 0 saturated heterocycles. The number of thiophene rings is 1. The quantitative estimate of drug-likeness (QED) is 0.420. The zero-order chi connectivity index (χ0) is 21.5. The summed E-state index contributed by atoms with van der Waals surface area (Å²) in [5.74, 6) is 0. The smallest absolute Gasteiger partial charge is 0.313 e. The van der Waals surface area contributed by atoms with Gasteiger partial charge in [-0.1, -0.05) is 35.3 Å². The third-order valence-electron chi connectivity index (χ3n) is 4.89. The number of nitrogens with zero attached hydrogens (tertiary/aromatic N) is 1. The van der Waals surface area contributed by atoms with Crippen LogP contribution < -0.4 is 5.32 Å². The number of carbonyl (C=O) groups excluding carboxylic acids is 1. The largest absolute Gasteiger partial charge is 0.416 e. The van der Waals surface area contributed by atoms with Crippen LogP contribution in [0, 0.1) is 0 Å². The van der Waals surface area contributed by atoms with E-state index in [1.165, 1.54) is 12.1 Å². The molecule has 2 aromatic carbocycles. The highest BCUT2D eigenvalue weighted by molar-refractivity contribution is 7.10. The molecule has 3 aromatic rings. The van der Waals surface area contributed by atoms with Crippen molar-refractivity contribution in [1.29, 1.82) is 0 Å². The van der Waals surface area contributed by atoms with Crippen molar-refractivity contribution in [2.24, 2.45) is 0 Å². The summed E-state index contributed by atoms with van der Waals surface area (Å²) in [5.41, 5.74) is 1.25. The van der Waals surface area contributed by atoms with Gasteiger partial charge in [-0.05, 0) is 59.3 Å². The molecule has 0 bridgehead atoms. The first-order chi connectivity index (χ1) is 14.2. The number of hydrogen-bond acceptors (Lipinski definition) is 2. The van der Waals surface area contributed by atoms with Gasteiger partial charge in [0.1, 0.15) is 0 Å². The van der Waals surface area contributed by atoms with Crippen LogP contribution in [0.5, 0.6) is 0 Å². The third kappa shape index (κ3) is 4.29. The van der Waals surface area contributed by atoms with E-state index in [2.05, 4.69) is 5.32 Å². The molecule has 9 heteroatoms. The lowest BCUT2D eigenvalue weighted by Crippen LogP contribution is -2.42. The molecule has 3 nitrogen and oxygen atoms in total. The van der Waals surface area contributed by atoms with Crippen LogP contribution in [0.2, 0.25) is 10.0 Å². The summed E-state index contributed by atoms with van der Waals surface area (Å²) in [6, 6.07) is 10.7. The van der Waals surface area contributed by atoms with Gasteiger partial charge in [-0.15, -0.1) is 11.3 Å². The highest BCUT2D eigenvalue weighted by atomic mass is 35.5. The Balaban J connectivity index is 1.67. The van der Waals surface area contributed by atoms with Gasteiger partial charge in [0.25, 0.3) is 0 Å². The van der Waals surface area contributed by atoms with Crippen molar-refractivity contribution in [2.45, 2.75) is 18.6 Å². The van der Waals surface area contributed by atoms with Crippen molar-refractivity contribution in [3.8, 4) is 0 Å². The van der Waals surface area contributed by atoms with Crippen LogP contribution in [-0.2, 0) is 12.6 Å². The average Bonchev–Trinajstić information content (AvgIpc) is 3.14. The molecule has 1 N–H and O–H groups in total. The van der Waals surface area contributed by atoms with Gasteiger partial charge >= 0.3 is 12.2 Å². The van der Waals surface area contributed by atoms with Gasteiger partial charge in [-0.25, -0.2) is 4.79 Å². The Bertz CT molecular complexity index is 1060. The van der Waals surface area contributed by atoms with Crippen molar-refractivity contribution in [2.75, 3.05) is 11.9 Å². The molecule has 2 heterocycles. The van der Waals surface area contributed by atoms with E-state index in [0.717, 1.165) is 22.6 Å². The van der Waals surface area contributed by atoms with Crippen LogP contribution in [0.3, 0.4) is 0 Å². The van der Waals surface area contributed by atoms with Gasteiger partial charge in [-0.2, -0.15) is 13.2 Å². The Morgan fingerprint density at radius 2 is 1.73 bits per heavy atom. The Hall–Kier alpha value is -2.22. The molecule has 2 amide bonds. The second-order valence-electron chi connectivity index (χ2n) is 6.85. The maximum atomic E-state index is 13.1. The lowest BCUT2D eigenvalue weighted by atomic mass is 9.93. The number of fused-ring (bicyclic) bond motifs is 1. The fourth-order valence-corrected chi connectivity index (χ4v) is 5.00. The fraction of sp³-hybridized carbons (Fsp3) is 0.190. The van der Waals surface area contributed by atoms with E-state index in [9.17, 15) is 18.0 Å². The summed E-state index contributed by atoms with van der Waals surface area (Å²) in [4.78, 5) is 15.8. The minimum absolute atomic E-state index is 0.380. The van der Waals surface area contributed by atoms with Crippen LogP contribution in [0.1, 0.15) is 27.6 Å². The first kappa shape index (κ1) is 21.0. The molecule has 0 aliphatic carbocycles. The molecule has 1 aliphatic heterocycles. The molecule has 0 radical (unpaired) electrons. The zero-order valence-electron chi connectivity index (χ0n) is 15.3. The van der Waals surface area contributed by atoms with Crippen molar-refractivity contribution in [1.82, 2.24) is 4.90 Å². The van der Waals surface area contributed by atoms with Gasteiger partial charge in [0.2, 0.25) is 0 Å². The van der Waals surface area contributed by atoms with Gasteiger partial charge in [0, 0.05) is 27.2 Å². The summed E-state index contributed by atoms with van der Waals surface area (Å²) < 4.78 is 38.9. The molecule has 1 aromatic heterocycles. The predicted molar refractivity (Wildman–Crippen MR) is 113 cm³/mol. The number of carbonyl (C=O) groups is 1. The molecule has 156 valence electrons. The maximum absolute atomic E-state index is 13.1. The van der Waals surface area contributed by atoms with E-state index >= 15 is 0 Å². The topological polar surface area (TPSA) is 32.3 Å². The Morgan fingerprint density at radius 3 is 2.37 bits per heavy atom. The monoisotopic (exact) mass is 470 g/mol. The van der Waals surface area contributed by atoms with E-state index in [1.54, 1.807) is 34.4 Å². The number of anilines is 1. The number of alkyl halides is 3. The summed E-state index contributed by atoms with van der Waals surface area (Å²) in [7, 11) is 0. The van der Waals surface area contributed by atoms with Crippen molar-refractivity contribution >= 4 is 46.3 Å². The highest BCUT2D eigenvalue weighted by Crippen LogP contribution is 2.39. The SMILES string of the molecule is O=C(Nc1cc(Cl)cc(Cl)c1)N1CCc2sccc2C1c1ccc(C(F)(F)F)cc1. The molecule has 4 rings (SSSR count). The lowest BCUT2D eigenvalue weighted by molar-refractivity contribution is -0.137. The van der Waals surface area contributed by atoms with E-state index in [0.29, 0.717) is 34.3 Å². The predicted octanol–water partition coefficient (Wildman–Crippen LogP) is 7.25. The van der Waals surface area contributed by atoms with Crippen LogP contribution in [0.4, 0.5) is 23.7 Å². The van der Waals surface area contributed by atoms with Gasteiger partial charge in [0.05, 0.1) is 11.6 Å². The first-order valence-electron chi connectivity index (χ1n) is 8.99. The van der Waals surface area contributed by atoms with Gasteiger partial charge < -0.3 is 10.2 Å². The highest BCUT2D eigenvalue weighted by Gasteiger charge is 2.34. The molecular weight excluding hydrogens is 456 g/mol. The summed E-state index contributed by atoms with van der Waals surface area (Å²) in [5, 5.41) is 5.49. The Morgan fingerprint density at radius 1 is 1.07 bits per heavy atom. The van der Waals surface area contributed by atoms with Crippen molar-refractivity contribution in [3.05, 3.63) is 85.5 Å². The van der Waals surface area contributed by atoms with Gasteiger partial charge in [0.15, 0.2) is 0 Å². The Labute approximate surface area is 185 Å². The number of hydrogen-bond donors (Lipinski definition) is 1. The molecule has 1 atom stereocenters. The second-order valence-corrected chi connectivity index (χ2v) is 8.73. The third-order valence-corrected chi connectivity index (χ3v) is 6.33. The number of benzene rings is 2. The molecular formula is C21H15Cl2F3N2OS. The first-order valence-corrected chi connectivity index (χ1v) is 10.6. The molecule has 0 spiro atoms. The number of rotatable bonds is 2. The lowest BCUT2D eigenvalue weighted by Gasteiger charge is -2.36. The van der Waals surface area contributed by atoms with Gasteiger partial charge in [-0.3, -0.25) is 0 Å². The average molecular weight is 471 g/mol. The standard InChI is InChI=1S/C21H15Cl2F3N2OS/c22-14-9-15(23)11-16(10-14)27-20(29)28-7-5-18-17(6-8-30-18)19(28)12-1-3-13(4-2-12)21(24,25)26/h1-4,6,8-11,19H,5,7H2,(H,27,29). The number of halogens is 5. The molecule has 0 saturated carbocycles. The molecule has 0 fully saturated rings. The van der Waals surface area contributed by atoms with E-state index < -0.39 is 17.8 Å². The molecule has 1 unspecified atom stereocenters. The number of urea groups is 1. The number of nitrogens with one attached hydrogen (secondary N) is 1. The summed E-state index contributed by atoms with van der Waals surface area (Å²) in [6.45, 7) is 0.430. The maximum Gasteiger partial charge on any atom is 0.416 e. The van der Waals surface area contributed by atoms with E-state index in [1.807, 2.05) is 11.4 Å². The molecule has 30 heavy (non-hydrogen) atoms. The fourth-order valence-electron chi connectivity index (χ4n) is 3.57. The van der Waals surface area contributed by atoms with Crippen LogP contribution in [0.25, 0.3) is 0 Å². The van der Waals surface area contributed by atoms with Crippen LogP contribution >= 0.6 is 34.5 Å². The zero-order valence-corrected chi connectivity index (χ0v) is 17.7. The summed E-state index contributed by atoms with van der Waals surface area (Å²) >= 11 is 13.6. The Kier molecular flexibility index (Phi) is 5.70. The number of amides is 2. The van der Waals surface area contributed by atoms with Crippen LogP contribution in [0.15, 0.2) is 53.9 Å². The second kappa shape index (κ2) is 8.13. The minimum atomic E-state index is -4.42. The van der Waals surface area contributed by atoms with E-state index in [4.69, 9.17) is 23.2 Å². The van der Waals surface area contributed by atoms with Crippen LogP contribution in [-0.4, -0.2) is 17.5 Å². The summed E-state index contributed by atoms with van der Waals surface area (Å²) in [6.07, 6.45) is -3.74. The van der Waals surface area contributed by atoms with E-state index in [-0.39, 0.29) is 6.03 Å². The normalized spacial score (nSPS) is 16.3. The molecule has 1 aliphatic rings. The van der Waals surface area contributed by atoms with Crippen molar-refractivity contribution < 1.29 is 18.0 Å². The minimum Gasteiger partial charge on any atom is -0.313 e. The van der Waals surface area contributed by atoms with Crippen molar-refractivity contribution in [3.63, 3.8) is 0 Å².